The maximum absolute atomic E-state index is 12.8. The highest BCUT2D eigenvalue weighted by molar-refractivity contribution is 6.06. The molecule has 0 bridgehead atoms. The monoisotopic (exact) mass is 409 g/mol. The lowest BCUT2D eigenvalue weighted by molar-refractivity contribution is 0.102. The number of aromatic nitrogens is 4. The number of benzene rings is 3. The number of fused-ring (bicyclic) bond motifs is 3. The van der Waals surface area contributed by atoms with E-state index in [1.54, 1.807) is 29.8 Å². The Morgan fingerprint density at radius 3 is 2.55 bits per heavy atom. The van der Waals surface area contributed by atoms with Gasteiger partial charge in [0.25, 0.3) is 5.91 Å². The van der Waals surface area contributed by atoms with Gasteiger partial charge in [0.2, 0.25) is 0 Å². The Hall–Kier alpha value is -4.26. The molecule has 1 amide bonds. The van der Waals surface area contributed by atoms with E-state index in [0.717, 1.165) is 22.0 Å². The van der Waals surface area contributed by atoms with Crippen LogP contribution in [0.2, 0.25) is 0 Å². The first kappa shape index (κ1) is 18.7. The average Bonchev–Trinajstić information content (AvgIpc) is 3.23. The highest BCUT2D eigenvalue weighted by Gasteiger charge is 2.15. The fourth-order valence-corrected chi connectivity index (χ4v) is 3.69. The number of nitrogens with zero attached hydrogens (tertiary/aromatic N) is 4. The van der Waals surface area contributed by atoms with E-state index in [4.69, 9.17) is 4.74 Å². The lowest BCUT2D eigenvalue weighted by atomic mass is 10.1. The molecule has 0 radical (unpaired) electrons. The number of hydrogen-bond donors (Lipinski definition) is 1. The molecule has 2 heterocycles. The van der Waals surface area contributed by atoms with E-state index in [1.165, 1.54) is 0 Å². The number of ether oxygens (including phenoxy) is 1. The zero-order chi connectivity index (χ0) is 21.4. The zero-order valence-electron chi connectivity index (χ0n) is 17.0. The molecular formula is C24H19N5O2. The summed E-state index contributed by atoms with van der Waals surface area (Å²) < 4.78 is 7.04. The second-order valence-electron chi connectivity index (χ2n) is 7.13. The molecule has 1 N–H and O–H groups in total. The van der Waals surface area contributed by atoms with Gasteiger partial charge in [-0.2, -0.15) is 9.61 Å². The second-order valence-corrected chi connectivity index (χ2v) is 7.13. The minimum absolute atomic E-state index is 0.249. The van der Waals surface area contributed by atoms with Crippen LogP contribution < -0.4 is 10.1 Å². The summed E-state index contributed by atoms with van der Waals surface area (Å²) in [7, 11) is 1.54. The number of rotatable bonds is 4. The quantitative estimate of drug-likeness (QED) is 0.472. The number of methoxy groups -OCH3 is 1. The second kappa shape index (κ2) is 7.53. The first-order chi connectivity index (χ1) is 15.2. The summed E-state index contributed by atoms with van der Waals surface area (Å²) in [6.45, 7) is 1.97. The third-order valence-corrected chi connectivity index (χ3v) is 5.18. The zero-order valence-corrected chi connectivity index (χ0v) is 17.0. The minimum atomic E-state index is -0.249. The van der Waals surface area contributed by atoms with Crippen LogP contribution in [0.25, 0.3) is 27.8 Å². The predicted octanol–water partition coefficient (Wildman–Crippen LogP) is 4.51. The van der Waals surface area contributed by atoms with Gasteiger partial charge < -0.3 is 10.1 Å². The predicted molar refractivity (Wildman–Crippen MR) is 119 cm³/mol. The summed E-state index contributed by atoms with van der Waals surface area (Å²) in [5, 5.41) is 18.4. The van der Waals surface area contributed by atoms with Crippen molar-refractivity contribution in [1.29, 1.82) is 0 Å². The molecule has 3 aromatic carbocycles. The van der Waals surface area contributed by atoms with E-state index < -0.39 is 0 Å². The molecule has 0 aliphatic carbocycles. The van der Waals surface area contributed by atoms with E-state index >= 15 is 0 Å². The largest absolute Gasteiger partial charge is 0.496 e. The normalized spacial score (nSPS) is 11.0. The number of carbonyl (C=O) groups is 1. The summed E-state index contributed by atoms with van der Waals surface area (Å²) in [4.78, 5) is 12.8. The molecule has 0 aliphatic rings. The Kier molecular flexibility index (Phi) is 4.55. The van der Waals surface area contributed by atoms with Crippen molar-refractivity contribution in [2.24, 2.45) is 0 Å². The molecule has 0 saturated carbocycles. The van der Waals surface area contributed by atoms with Gasteiger partial charge in [-0.05, 0) is 31.2 Å². The molecule has 0 aliphatic heterocycles. The third-order valence-electron chi connectivity index (χ3n) is 5.18. The van der Waals surface area contributed by atoms with Crippen molar-refractivity contribution in [2.75, 3.05) is 12.4 Å². The van der Waals surface area contributed by atoms with Crippen molar-refractivity contribution >= 4 is 28.0 Å². The van der Waals surface area contributed by atoms with Gasteiger partial charge in [-0.1, -0.05) is 48.5 Å². The SMILES string of the molecule is COc1ccccc1C(=O)Nc1cccc(-c2nnc3c4ccccc4c(C)nn23)c1. The van der Waals surface area contributed by atoms with Gasteiger partial charge in [-0.15, -0.1) is 10.2 Å². The molecule has 5 rings (SSSR count). The van der Waals surface area contributed by atoms with Gasteiger partial charge in [-0.25, -0.2) is 0 Å². The lowest BCUT2D eigenvalue weighted by Gasteiger charge is -2.10. The van der Waals surface area contributed by atoms with Crippen molar-refractivity contribution in [1.82, 2.24) is 19.8 Å². The third kappa shape index (κ3) is 3.26. The van der Waals surface area contributed by atoms with E-state index in [0.29, 0.717) is 28.5 Å². The molecule has 152 valence electrons. The molecule has 0 saturated heterocycles. The van der Waals surface area contributed by atoms with Crippen molar-refractivity contribution in [3.63, 3.8) is 0 Å². The Morgan fingerprint density at radius 1 is 0.935 bits per heavy atom. The molecule has 2 aromatic heterocycles. The number of amides is 1. The van der Waals surface area contributed by atoms with E-state index in [-0.39, 0.29) is 5.91 Å². The molecule has 0 unspecified atom stereocenters. The Bertz CT molecular complexity index is 1440. The Morgan fingerprint density at radius 2 is 1.71 bits per heavy atom. The Labute approximate surface area is 178 Å². The van der Waals surface area contributed by atoms with E-state index in [2.05, 4.69) is 20.6 Å². The fraction of sp³-hybridized carbons (Fsp3) is 0.0833. The molecule has 7 nitrogen and oxygen atoms in total. The number of hydrogen-bond acceptors (Lipinski definition) is 5. The van der Waals surface area contributed by atoms with Gasteiger partial charge in [-0.3, -0.25) is 4.79 Å². The maximum Gasteiger partial charge on any atom is 0.259 e. The highest BCUT2D eigenvalue weighted by atomic mass is 16.5. The topological polar surface area (TPSA) is 81.4 Å². The van der Waals surface area contributed by atoms with E-state index in [1.807, 2.05) is 61.5 Å². The van der Waals surface area contributed by atoms with Crippen LogP contribution in [-0.4, -0.2) is 32.8 Å². The minimum Gasteiger partial charge on any atom is -0.496 e. The number of para-hydroxylation sites is 1. The van der Waals surface area contributed by atoms with Crippen molar-refractivity contribution in [3.8, 4) is 17.1 Å². The van der Waals surface area contributed by atoms with Crippen LogP contribution in [0.5, 0.6) is 5.75 Å². The van der Waals surface area contributed by atoms with Gasteiger partial charge in [0, 0.05) is 22.0 Å². The molecule has 0 atom stereocenters. The number of anilines is 1. The number of nitrogens with one attached hydrogen (secondary N) is 1. The van der Waals surface area contributed by atoms with Crippen LogP contribution in [-0.2, 0) is 0 Å². The van der Waals surface area contributed by atoms with Crippen LogP contribution in [0.1, 0.15) is 16.1 Å². The highest BCUT2D eigenvalue weighted by Crippen LogP contribution is 2.26. The van der Waals surface area contributed by atoms with Gasteiger partial charge in [0.15, 0.2) is 11.5 Å². The van der Waals surface area contributed by atoms with Crippen LogP contribution in [0.15, 0.2) is 72.8 Å². The van der Waals surface area contributed by atoms with Gasteiger partial charge in [0.05, 0.1) is 18.4 Å². The number of carbonyl (C=O) groups excluding carboxylic acids is 1. The first-order valence-electron chi connectivity index (χ1n) is 9.81. The average molecular weight is 409 g/mol. The van der Waals surface area contributed by atoms with Crippen LogP contribution in [0.4, 0.5) is 5.69 Å². The van der Waals surface area contributed by atoms with Crippen LogP contribution in [0.3, 0.4) is 0 Å². The first-order valence-corrected chi connectivity index (χ1v) is 9.81. The summed E-state index contributed by atoms with van der Waals surface area (Å²) in [5.41, 5.74) is 3.49. The van der Waals surface area contributed by atoms with Crippen LogP contribution in [0, 0.1) is 6.92 Å². The van der Waals surface area contributed by atoms with Gasteiger partial charge in [0.1, 0.15) is 5.75 Å². The van der Waals surface area contributed by atoms with Crippen molar-refractivity contribution in [3.05, 3.63) is 84.1 Å². The molecular weight excluding hydrogens is 390 g/mol. The van der Waals surface area contributed by atoms with Gasteiger partial charge >= 0.3 is 0 Å². The summed E-state index contributed by atoms with van der Waals surface area (Å²) in [6, 6.07) is 22.6. The van der Waals surface area contributed by atoms with Crippen molar-refractivity contribution < 1.29 is 9.53 Å². The molecule has 0 spiro atoms. The smallest absolute Gasteiger partial charge is 0.259 e. The van der Waals surface area contributed by atoms with Crippen LogP contribution >= 0.6 is 0 Å². The molecule has 31 heavy (non-hydrogen) atoms. The lowest BCUT2D eigenvalue weighted by Crippen LogP contribution is -2.13. The maximum atomic E-state index is 12.8. The fourth-order valence-electron chi connectivity index (χ4n) is 3.69. The Balaban J connectivity index is 1.54. The standard InChI is InChI=1S/C24H19N5O2/c1-15-18-10-3-4-11-19(18)23-27-26-22(29(23)28-15)16-8-7-9-17(14-16)25-24(30)20-12-5-6-13-21(20)31-2/h3-14H,1-2H3,(H,25,30). The molecule has 7 heteroatoms. The van der Waals surface area contributed by atoms with Crippen molar-refractivity contribution in [2.45, 2.75) is 6.92 Å². The molecule has 5 aromatic rings. The number of aryl methyl sites for hydroxylation is 1. The molecule has 0 fully saturated rings. The summed E-state index contributed by atoms with van der Waals surface area (Å²) in [5.74, 6) is 0.879. The van der Waals surface area contributed by atoms with E-state index in [9.17, 15) is 4.79 Å². The summed E-state index contributed by atoms with van der Waals surface area (Å²) >= 11 is 0. The summed E-state index contributed by atoms with van der Waals surface area (Å²) in [6.07, 6.45) is 0.